The van der Waals surface area contributed by atoms with E-state index in [-0.39, 0.29) is 30.6 Å². The molecule has 7 nitrogen and oxygen atoms in total. The first-order valence-corrected chi connectivity index (χ1v) is 13.0. The molecule has 0 radical (unpaired) electrons. The predicted octanol–water partition coefficient (Wildman–Crippen LogP) is 5.00. The largest absolute Gasteiger partial charge is 0.497 e. The summed E-state index contributed by atoms with van der Waals surface area (Å²) < 4.78 is 5.26. The average Bonchev–Trinajstić information content (AvgIpc) is 2.94. The second-order valence-electron chi connectivity index (χ2n) is 9.51. The van der Waals surface area contributed by atoms with Crippen LogP contribution < -0.4 is 15.0 Å². The van der Waals surface area contributed by atoms with Gasteiger partial charge in [-0.3, -0.25) is 19.3 Å². The van der Waals surface area contributed by atoms with Crippen LogP contribution in [0.4, 0.5) is 5.69 Å². The third kappa shape index (κ3) is 5.68. The highest BCUT2D eigenvalue weighted by Crippen LogP contribution is 2.37. The van der Waals surface area contributed by atoms with Crippen molar-refractivity contribution in [2.75, 3.05) is 25.1 Å². The quantitative estimate of drug-likeness (QED) is 0.463. The minimum Gasteiger partial charge on any atom is -0.497 e. The molecule has 1 aliphatic rings. The molecular formula is C30H32ClN3O4. The van der Waals surface area contributed by atoms with E-state index < -0.39 is 5.54 Å². The van der Waals surface area contributed by atoms with E-state index >= 15 is 0 Å². The second-order valence-corrected chi connectivity index (χ2v) is 9.92. The van der Waals surface area contributed by atoms with Crippen molar-refractivity contribution in [3.8, 4) is 5.75 Å². The van der Waals surface area contributed by atoms with Gasteiger partial charge in [-0.25, -0.2) is 0 Å². The molecule has 1 heterocycles. The zero-order chi connectivity index (χ0) is 27.3. The van der Waals surface area contributed by atoms with Gasteiger partial charge in [-0.05, 0) is 67.3 Å². The second kappa shape index (κ2) is 11.7. The van der Waals surface area contributed by atoms with Gasteiger partial charge in [-0.2, -0.15) is 0 Å². The minimum absolute atomic E-state index is 0.0605. The van der Waals surface area contributed by atoms with Crippen LogP contribution in [-0.4, -0.2) is 48.4 Å². The molecule has 3 aromatic rings. The average molecular weight is 534 g/mol. The lowest BCUT2D eigenvalue weighted by atomic mass is 9.83. The van der Waals surface area contributed by atoms with Gasteiger partial charge in [-0.15, -0.1) is 0 Å². The maximum atomic E-state index is 14.2. The number of hydrogen-bond acceptors (Lipinski definition) is 4. The maximum absolute atomic E-state index is 14.2. The molecule has 0 aliphatic carbocycles. The number of ether oxygens (including phenoxy) is 1. The number of likely N-dealkylation sites (tertiary alicyclic amines) is 1. The third-order valence-corrected chi connectivity index (χ3v) is 7.54. The van der Waals surface area contributed by atoms with Crippen LogP contribution in [0.15, 0.2) is 72.8 Å². The summed E-state index contributed by atoms with van der Waals surface area (Å²) >= 11 is 6.51. The molecule has 1 saturated heterocycles. The SMILES string of the molecule is COc1ccc(C(=O)N(c2ccc(C)c(Cl)c2)C2(C(=O)NCc3ccccc3)CCN(C(C)=O)CC2)cc1. The van der Waals surface area contributed by atoms with Crippen LogP contribution >= 0.6 is 11.6 Å². The zero-order valence-corrected chi connectivity index (χ0v) is 22.6. The highest BCUT2D eigenvalue weighted by atomic mass is 35.5. The smallest absolute Gasteiger partial charge is 0.259 e. The van der Waals surface area contributed by atoms with Crippen LogP contribution in [0.2, 0.25) is 5.02 Å². The van der Waals surface area contributed by atoms with Gasteiger partial charge < -0.3 is 15.0 Å². The Morgan fingerprint density at radius 2 is 1.66 bits per heavy atom. The third-order valence-electron chi connectivity index (χ3n) is 7.14. The lowest BCUT2D eigenvalue weighted by molar-refractivity contribution is -0.135. The van der Waals surface area contributed by atoms with E-state index in [0.717, 1.165) is 11.1 Å². The highest BCUT2D eigenvalue weighted by Gasteiger charge is 2.49. The molecule has 4 rings (SSSR count). The molecule has 8 heteroatoms. The fourth-order valence-electron chi connectivity index (χ4n) is 4.83. The van der Waals surface area contributed by atoms with Crippen LogP contribution in [0, 0.1) is 6.92 Å². The summed E-state index contributed by atoms with van der Waals surface area (Å²) in [7, 11) is 1.56. The number of anilines is 1. The Labute approximate surface area is 228 Å². The van der Waals surface area contributed by atoms with Gasteiger partial charge in [0.1, 0.15) is 11.3 Å². The van der Waals surface area contributed by atoms with Crippen molar-refractivity contribution in [3.63, 3.8) is 0 Å². The van der Waals surface area contributed by atoms with Crippen molar-refractivity contribution in [2.24, 2.45) is 0 Å². The van der Waals surface area contributed by atoms with Gasteiger partial charge in [0.2, 0.25) is 11.8 Å². The Morgan fingerprint density at radius 1 is 1.00 bits per heavy atom. The van der Waals surface area contributed by atoms with Crippen molar-refractivity contribution >= 4 is 35.0 Å². The van der Waals surface area contributed by atoms with Crippen molar-refractivity contribution in [2.45, 2.75) is 38.8 Å². The fourth-order valence-corrected chi connectivity index (χ4v) is 5.00. The molecule has 1 fully saturated rings. The van der Waals surface area contributed by atoms with Gasteiger partial charge >= 0.3 is 0 Å². The molecule has 0 spiro atoms. The van der Waals surface area contributed by atoms with E-state index in [1.165, 1.54) is 6.92 Å². The number of carbonyl (C=O) groups excluding carboxylic acids is 3. The fraction of sp³-hybridized carbons (Fsp3) is 0.300. The lowest BCUT2D eigenvalue weighted by Crippen LogP contribution is -2.65. The molecule has 0 bridgehead atoms. The van der Waals surface area contributed by atoms with E-state index in [2.05, 4.69) is 5.32 Å². The first-order chi connectivity index (χ1) is 18.2. The number of nitrogens with one attached hydrogen (secondary N) is 1. The molecular weight excluding hydrogens is 502 g/mol. The van der Waals surface area contributed by atoms with Crippen LogP contribution in [0.3, 0.4) is 0 Å². The molecule has 3 aromatic carbocycles. The summed E-state index contributed by atoms with van der Waals surface area (Å²) in [5, 5.41) is 3.56. The van der Waals surface area contributed by atoms with Crippen molar-refractivity contribution < 1.29 is 19.1 Å². The number of rotatable bonds is 7. The van der Waals surface area contributed by atoms with Gasteiger partial charge in [0, 0.05) is 42.8 Å². The van der Waals surface area contributed by atoms with Crippen molar-refractivity contribution in [3.05, 3.63) is 94.5 Å². The first kappa shape index (κ1) is 27.2. The normalized spacial score (nSPS) is 14.5. The maximum Gasteiger partial charge on any atom is 0.259 e. The number of halogens is 1. The Morgan fingerprint density at radius 3 is 2.24 bits per heavy atom. The van der Waals surface area contributed by atoms with Crippen LogP contribution in [-0.2, 0) is 16.1 Å². The molecule has 1 N–H and O–H groups in total. The monoisotopic (exact) mass is 533 g/mol. The number of benzene rings is 3. The Balaban J connectivity index is 1.79. The zero-order valence-electron chi connectivity index (χ0n) is 21.9. The predicted molar refractivity (Wildman–Crippen MR) is 149 cm³/mol. The van der Waals surface area contributed by atoms with Crippen molar-refractivity contribution in [1.29, 1.82) is 0 Å². The number of piperidine rings is 1. The lowest BCUT2D eigenvalue weighted by Gasteiger charge is -2.47. The van der Waals surface area contributed by atoms with E-state index in [0.29, 0.717) is 41.7 Å². The molecule has 0 saturated carbocycles. The molecule has 0 aromatic heterocycles. The molecule has 3 amide bonds. The standard InChI is InChI=1S/C30H32ClN3O4/c1-21-9-12-25(19-27(21)31)34(28(36)24-10-13-26(38-3)14-11-24)30(15-17-33(18-16-30)22(2)35)29(37)32-20-23-7-5-4-6-8-23/h4-14,19H,15-18,20H2,1-3H3,(H,32,37). The molecule has 1 aliphatic heterocycles. The summed E-state index contributed by atoms with van der Waals surface area (Å²) in [6, 6.07) is 21.8. The molecule has 38 heavy (non-hydrogen) atoms. The summed E-state index contributed by atoms with van der Waals surface area (Å²) in [5.41, 5.74) is 1.50. The molecule has 198 valence electrons. The highest BCUT2D eigenvalue weighted by molar-refractivity contribution is 6.31. The van der Waals surface area contributed by atoms with E-state index in [4.69, 9.17) is 16.3 Å². The molecule has 0 unspecified atom stereocenters. The van der Waals surface area contributed by atoms with Crippen LogP contribution in [0.1, 0.15) is 41.3 Å². The van der Waals surface area contributed by atoms with Crippen LogP contribution in [0.5, 0.6) is 5.75 Å². The van der Waals surface area contributed by atoms with Crippen molar-refractivity contribution in [1.82, 2.24) is 10.2 Å². The summed E-state index contributed by atoms with van der Waals surface area (Å²) in [4.78, 5) is 43.8. The number of aryl methyl sites for hydroxylation is 1. The van der Waals surface area contributed by atoms with Crippen LogP contribution in [0.25, 0.3) is 0 Å². The number of carbonyl (C=O) groups is 3. The first-order valence-electron chi connectivity index (χ1n) is 12.6. The van der Waals surface area contributed by atoms with E-state index in [1.807, 2.05) is 49.4 Å². The topological polar surface area (TPSA) is 79.0 Å². The summed E-state index contributed by atoms with van der Waals surface area (Å²) in [5.74, 6) is -0.0481. The summed E-state index contributed by atoms with van der Waals surface area (Å²) in [6.45, 7) is 4.41. The number of hydrogen-bond donors (Lipinski definition) is 1. The number of methoxy groups -OCH3 is 1. The van der Waals surface area contributed by atoms with Gasteiger partial charge in [-0.1, -0.05) is 48.0 Å². The summed E-state index contributed by atoms with van der Waals surface area (Å²) in [6.07, 6.45) is 0.557. The molecule has 0 atom stereocenters. The number of nitrogens with zero attached hydrogens (tertiary/aromatic N) is 2. The Bertz CT molecular complexity index is 1300. The Hall–Kier alpha value is -3.84. The van der Waals surface area contributed by atoms with E-state index in [9.17, 15) is 14.4 Å². The van der Waals surface area contributed by atoms with Gasteiger partial charge in [0.25, 0.3) is 5.91 Å². The van der Waals surface area contributed by atoms with Gasteiger partial charge in [0.15, 0.2) is 0 Å². The van der Waals surface area contributed by atoms with E-state index in [1.54, 1.807) is 47.2 Å². The Kier molecular flexibility index (Phi) is 8.37. The minimum atomic E-state index is -1.24. The van der Waals surface area contributed by atoms with Gasteiger partial charge in [0.05, 0.1) is 7.11 Å². The number of amides is 3.